The zero-order valence-corrected chi connectivity index (χ0v) is 59.9. The van der Waals surface area contributed by atoms with Crippen LogP contribution in [0.3, 0.4) is 0 Å². The van der Waals surface area contributed by atoms with Crippen molar-refractivity contribution in [3.8, 4) is 0 Å². The van der Waals surface area contributed by atoms with E-state index in [1.807, 2.05) is 13.0 Å². The Labute approximate surface area is 576 Å². The zero-order valence-electron chi connectivity index (χ0n) is 51.7. The van der Waals surface area contributed by atoms with Crippen LogP contribution in [0.5, 0.6) is 0 Å². The van der Waals surface area contributed by atoms with Crippen molar-refractivity contribution in [1.82, 2.24) is 24.9 Å². The normalized spacial score (nSPS) is 13.6. The summed E-state index contributed by atoms with van der Waals surface area (Å²) >= 11 is -0.139. The van der Waals surface area contributed by atoms with E-state index in [0.29, 0.717) is 36.9 Å². The Morgan fingerprint density at radius 3 is 1.11 bits per heavy atom. The fraction of sp³-hybridized carbons (Fsp3) is 0.491. The Kier molecular flexibility index (Phi) is 39.0. The first-order valence-electron chi connectivity index (χ1n) is 24.2. The van der Waals surface area contributed by atoms with Crippen molar-refractivity contribution >= 4 is 44.8 Å². The topological polar surface area (TPSA) is 204 Å². The number of hydrogen-bond acceptors (Lipinski definition) is 14. The number of Topliss-reactive ketones (excluding diaryl/α,β-unsaturated/α-hetero) is 1. The second-order valence-corrected chi connectivity index (χ2v) is 30.3. The molecule has 462 valence electrons. The van der Waals surface area contributed by atoms with Gasteiger partial charge in [0, 0.05) is 37.9 Å². The molecule has 0 radical (unpaired) electrons. The molecule has 0 aliphatic carbocycles. The third-order valence-corrected chi connectivity index (χ3v) is 11.9. The Balaban J connectivity index is -0.000000304. The van der Waals surface area contributed by atoms with Gasteiger partial charge in [-0.05, 0) is 177 Å². The van der Waals surface area contributed by atoms with Crippen LogP contribution in [-0.2, 0) is 50.6 Å². The van der Waals surface area contributed by atoms with Gasteiger partial charge in [-0.2, -0.15) is 61.1 Å². The fourth-order valence-corrected chi connectivity index (χ4v) is 7.93. The van der Waals surface area contributed by atoms with E-state index >= 15 is 0 Å². The summed E-state index contributed by atoms with van der Waals surface area (Å²) in [7, 11) is -6.65. The molecule has 5 aromatic heterocycles. The van der Waals surface area contributed by atoms with Crippen LogP contribution in [0.1, 0.15) is 104 Å². The largest absolute Gasteiger partial charge is 1.00 e. The number of aromatic nitrogens is 5. The predicted octanol–water partition coefficient (Wildman–Crippen LogP) is 7.07. The molecule has 3 unspecified atom stereocenters. The van der Waals surface area contributed by atoms with Crippen molar-refractivity contribution < 1.29 is 199 Å². The maximum absolute atomic E-state index is 13.3. The number of aliphatic hydroxyl groups is 1. The number of halogens is 12. The van der Waals surface area contributed by atoms with Crippen LogP contribution in [0.2, 0.25) is 37.0 Å². The average molecular weight is 1320 g/mol. The summed E-state index contributed by atoms with van der Waals surface area (Å²) in [4.78, 5) is 40.5. The van der Waals surface area contributed by atoms with Crippen LogP contribution in [0.15, 0.2) is 91.6 Å². The third kappa shape index (κ3) is 31.9. The molecule has 0 aliphatic heterocycles. The predicted molar refractivity (Wildman–Crippen MR) is 288 cm³/mol. The number of hydrogen-bond donors (Lipinski definition) is 1. The molecule has 1 N–H and O–H groups in total. The van der Waals surface area contributed by atoms with Gasteiger partial charge in [0.05, 0.1) is 29.0 Å². The molecule has 5 aromatic rings. The summed E-state index contributed by atoms with van der Waals surface area (Å²) in [6.45, 7) is 19.8. The number of carbonyl (C=O) groups excluding carboxylic acids is 2. The molecule has 14 nitrogen and oxygen atoms in total. The van der Waals surface area contributed by atoms with E-state index < -0.39 is 71.1 Å². The van der Waals surface area contributed by atoms with Gasteiger partial charge in [-0.3, -0.25) is 34.5 Å². The number of carbonyl (C=O) groups is 2. The molecule has 5 rings (SSSR count). The maximum Gasteiger partial charge on any atom is 1.00 e. The standard InChI is InChI=1S/C12H18F3NOSi.C10H12F3NO3S.C10H12F3N.C9H10F3NO.C8H9NO.CH2O3.3CH3.Al.2K.H/c1-9-6-7-16-10(8-9)11(2,12(13,14)15)17-18(3,4)5;1-7-4-5-14-8(6-7)9(2,10(11,12)13)17-18(3,15)16;1-7-4-5-14-8(6-7)9(2,3)10(11,12)13;1-6-3-4-13-7(5-6)8(2,14)9(10,11)12;1-6-3-4-9-8(5-6)7(2)10;2-1-4-3;;;;;;;/h6-8H,1-5H3;4-6H,1-3H3;4-6H,1-3H3;3-5,14H,1-2H3;3-5H,1-2H3;1,3H;3*1H3;;;;/q;;;;;;;;;;2*+1;-1/p-1. The zero-order chi connectivity index (χ0) is 64.9. The van der Waals surface area contributed by atoms with Crippen LogP contribution in [0.25, 0.3) is 0 Å². The minimum Gasteiger partial charge on any atom is -1.00 e. The summed E-state index contributed by atoms with van der Waals surface area (Å²) < 4.78 is 186. The van der Waals surface area contributed by atoms with Crippen molar-refractivity contribution in [3.63, 3.8) is 0 Å². The van der Waals surface area contributed by atoms with Crippen molar-refractivity contribution in [2.45, 2.75) is 160 Å². The van der Waals surface area contributed by atoms with Gasteiger partial charge in [0.2, 0.25) is 5.60 Å². The van der Waals surface area contributed by atoms with Gasteiger partial charge in [0.25, 0.3) is 30.7 Å². The summed E-state index contributed by atoms with van der Waals surface area (Å²) in [6.07, 6.45) is -11.0. The van der Waals surface area contributed by atoms with Gasteiger partial charge in [0.15, 0.2) is 25.3 Å². The van der Waals surface area contributed by atoms with E-state index in [9.17, 15) is 71.0 Å². The Bertz CT molecular complexity index is 2840. The van der Waals surface area contributed by atoms with Crippen LogP contribution >= 0.6 is 0 Å². The van der Waals surface area contributed by atoms with E-state index in [-0.39, 0.29) is 148 Å². The molecule has 0 saturated heterocycles. The molecular weight excluding hydrogens is 1240 g/mol. The minimum atomic E-state index is -4.91. The molecule has 31 heteroatoms. The second-order valence-electron chi connectivity index (χ2n) is 20.8. The Morgan fingerprint density at radius 1 is 0.571 bits per heavy atom. The molecule has 3 atom stereocenters. The number of alkyl halides is 12. The van der Waals surface area contributed by atoms with Crippen molar-refractivity contribution in [3.05, 3.63) is 148 Å². The molecule has 0 saturated carbocycles. The summed E-state index contributed by atoms with van der Waals surface area (Å²) in [6, 6.07) is 15.3. The number of nitrogens with zero attached hydrogens (tertiary/aromatic N) is 5. The Hall–Kier alpha value is -2.14. The monoisotopic (exact) mass is 1320 g/mol. The van der Waals surface area contributed by atoms with Gasteiger partial charge in [0.1, 0.15) is 11.1 Å². The Morgan fingerprint density at radius 2 is 0.857 bits per heavy atom. The molecule has 0 amide bonds. The summed E-state index contributed by atoms with van der Waals surface area (Å²) in [5, 5.41) is 17.7. The molecule has 0 fully saturated rings. The average Bonchev–Trinajstić information content (AvgIpc) is 3.30. The van der Waals surface area contributed by atoms with E-state index in [2.05, 4.69) is 51.3 Å². The second kappa shape index (κ2) is 37.1. The van der Waals surface area contributed by atoms with Crippen LogP contribution in [-0.4, -0.2) is 104 Å². The SMILES string of the molecule is CC(=O)c1cc(C)ccn1.Cc1ccnc(C(C)(C)C(F)(F)F)c1.Cc1ccnc(C(C)(O)C(F)(F)F)c1.Cc1ccnc(C(C)(OS(C)(=O)=O)C(F)(F)F)c1.Cc1ccnc(C(C)(O[Si](C)(C)C)C(F)(F)F)c1.O=CO[O-].[CH3][Al]([CH3])[CH3].[H-].[K+].[K+]. The number of ketones is 1. The van der Waals surface area contributed by atoms with Crippen LogP contribution in [0.4, 0.5) is 52.7 Å². The molecule has 0 aliphatic rings. The molecular formula is C53H72AlF12K2N5O9SSi. The third-order valence-electron chi connectivity index (χ3n) is 10.3. The molecule has 0 bridgehead atoms. The number of rotatable bonds is 10. The summed E-state index contributed by atoms with van der Waals surface area (Å²) in [5.41, 5.74) is -6.75. The quantitative estimate of drug-likeness (QED) is 0.0283. The summed E-state index contributed by atoms with van der Waals surface area (Å²) in [5.74, 6) is 6.93. The van der Waals surface area contributed by atoms with Gasteiger partial charge in [-0.25, -0.2) is 4.18 Å². The molecule has 5 heterocycles. The minimum absolute atomic E-state index is 0. The maximum atomic E-state index is 13.3. The van der Waals surface area contributed by atoms with Crippen molar-refractivity contribution in [2.24, 2.45) is 0 Å². The molecule has 0 aromatic carbocycles. The van der Waals surface area contributed by atoms with Crippen LogP contribution in [0, 0.1) is 34.6 Å². The smallest absolute Gasteiger partial charge is 1.00 e. The van der Waals surface area contributed by atoms with E-state index in [4.69, 9.17) is 14.5 Å². The van der Waals surface area contributed by atoms with Gasteiger partial charge >= 0.3 is 127 Å². The number of aryl methyl sites for hydroxylation is 5. The van der Waals surface area contributed by atoms with Crippen molar-refractivity contribution in [1.29, 1.82) is 0 Å². The van der Waals surface area contributed by atoms with Gasteiger partial charge in [-0.15, -0.1) is 17.4 Å². The number of pyridine rings is 5. The van der Waals surface area contributed by atoms with E-state index in [0.717, 1.165) is 43.5 Å². The van der Waals surface area contributed by atoms with E-state index in [1.54, 1.807) is 77.8 Å². The van der Waals surface area contributed by atoms with Crippen molar-refractivity contribution in [2.75, 3.05) is 6.26 Å². The van der Waals surface area contributed by atoms with Crippen LogP contribution < -0.4 is 108 Å². The first-order valence-corrected chi connectivity index (χ1v) is 32.9. The fourth-order valence-electron chi connectivity index (χ4n) is 5.70. The van der Waals surface area contributed by atoms with Gasteiger partial charge in [-0.1, -0.05) is 0 Å². The first-order chi connectivity index (χ1) is 36.8. The molecule has 84 heavy (non-hydrogen) atoms. The van der Waals surface area contributed by atoms with E-state index in [1.165, 1.54) is 56.0 Å². The first kappa shape index (κ1) is 88.3. The molecule has 0 spiro atoms. The van der Waals surface area contributed by atoms with Gasteiger partial charge < -0.3 is 21.1 Å².